The van der Waals surface area contributed by atoms with Crippen molar-refractivity contribution >= 4 is 17.5 Å². The molecule has 1 aliphatic heterocycles. The van der Waals surface area contributed by atoms with E-state index in [-0.39, 0.29) is 5.91 Å². The zero-order valence-corrected chi connectivity index (χ0v) is 16.1. The van der Waals surface area contributed by atoms with Crippen LogP contribution in [0.25, 0.3) is 11.4 Å². The van der Waals surface area contributed by atoms with Crippen molar-refractivity contribution in [2.45, 2.75) is 12.8 Å². The highest BCUT2D eigenvalue weighted by Crippen LogP contribution is 2.25. The SMILES string of the molecule is Cn1c(C(=O)N2CCC(Cc3ccc(Cl)cc3)C2)cnc1-c1ccccc1. The number of hydrogen-bond donors (Lipinski definition) is 0. The summed E-state index contributed by atoms with van der Waals surface area (Å²) in [5, 5.41) is 0.757. The van der Waals surface area contributed by atoms with Crippen molar-refractivity contribution in [1.82, 2.24) is 14.5 Å². The Bertz CT molecular complexity index is 934. The average Bonchev–Trinajstić information content (AvgIpc) is 3.31. The summed E-state index contributed by atoms with van der Waals surface area (Å²) in [6.07, 6.45) is 3.69. The minimum absolute atomic E-state index is 0.0609. The van der Waals surface area contributed by atoms with Crippen LogP contribution in [0.3, 0.4) is 0 Å². The van der Waals surface area contributed by atoms with Crippen molar-refractivity contribution < 1.29 is 4.79 Å². The molecule has 2 aromatic carbocycles. The Morgan fingerprint density at radius 3 is 2.63 bits per heavy atom. The van der Waals surface area contributed by atoms with Crippen LogP contribution < -0.4 is 0 Å². The second kappa shape index (κ2) is 7.57. The number of nitrogens with zero attached hydrogens (tertiary/aromatic N) is 3. The van der Waals surface area contributed by atoms with Gasteiger partial charge in [0.1, 0.15) is 11.5 Å². The van der Waals surface area contributed by atoms with Crippen LogP contribution >= 0.6 is 11.6 Å². The molecule has 0 radical (unpaired) electrons. The number of carbonyl (C=O) groups excluding carboxylic acids is 1. The number of imidazole rings is 1. The highest BCUT2D eigenvalue weighted by Gasteiger charge is 2.29. The van der Waals surface area contributed by atoms with E-state index in [1.54, 1.807) is 6.20 Å². The molecule has 3 aromatic rings. The van der Waals surface area contributed by atoms with E-state index in [2.05, 4.69) is 17.1 Å². The predicted octanol–water partition coefficient (Wildman–Crippen LogP) is 4.45. The molecule has 4 rings (SSSR count). The van der Waals surface area contributed by atoms with Gasteiger partial charge in [0.05, 0.1) is 6.20 Å². The summed E-state index contributed by atoms with van der Waals surface area (Å²) in [7, 11) is 1.91. The first-order valence-electron chi connectivity index (χ1n) is 9.22. The van der Waals surface area contributed by atoms with Crippen LogP contribution in [-0.4, -0.2) is 33.4 Å². The van der Waals surface area contributed by atoms with Crippen LogP contribution in [0.4, 0.5) is 0 Å². The lowest BCUT2D eigenvalue weighted by molar-refractivity contribution is 0.0777. The van der Waals surface area contributed by atoms with Gasteiger partial charge in [-0.2, -0.15) is 0 Å². The molecule has 0 bridgehead atoms. The highest BCUT2D eigenvalue weighted by molar-refractivity contribution is 6.30. The van der Waals surface area contributed by atoms with Gasteiger partial charge in [-0.25, -0.2) is 4.98 Å². The third-order valence-corrected chi connectivity index (χ3v) is 5.50. The summed E-state index contributed by atoms with van der Waals surface area (Å²) in [5.74, 6) is 1.36. The van der Waals surface area contributed by atoms with Gasteiger partial charge in [-0.05, 0) is 36.5 Å². The number of halogens is 1. The molecule has 1 aromatic heterocycles. The molecular formula is C22H22ClN3O. The maximum Gasteiger partial charge on any atom is 0.272 e. The summed E-state index contributed by atoms with van der Waals surface area (Å²) in [6.45, 7) is 1.58. The molecule has 2 heterocycles. The molecule has 1 atom stereocenters. The second-order valence-electron chi connectivity index (χ2n) is 7.13. The molecule has 1 fully saturated rings. The monoisotopic (exact) mass is 379 g/mol. The summed E-state index contributed by atoms with van der Waals surface area (Å²) < 4.78 is 1.89. The lowest BCUT2D eigenvalue weighted by Crippen LogP contribution is -2.30. The standard InChI is InChI=1S/C22H22ClN3O/c1-25-20(14-24-21(25)18-5-3-2-4-6-18)22(27)26-12-11-17(15-26)13-16-7-9-19(23)10-8-16/h2-10,14,17H,11-13,15H2,1H3. The smallest absolute Gasteiger partial charge is 0.272 e. The maximum absolute atomic E-state index is 13.0. The van der Waals surface area contributed by atoms with E-state index in [0.29, 0.717) is 11.6 Å². The number of carbonyl (C=O) groups is 1. The van der Waals surface area contributed by atoms with E-state index >= 15 is 0 Å². The molecule has 27 heavy (non-hydrogen) atoms. The van der Waals surface area contributed by atoms with E-state index in [1.165, 1.54) is 5.56 Å². The lowest BCUT2D eigenvalue weighted by atomic mass is 9.99. The van der Waals surface area contributed by atoms with Crippen LogP contribution in [0.2, 0.25) is 5.02 Å². The Balaban J connectivity index is 1.45. The zero-order chi connectivity index (χ0) is 18.8. The summed E-state index contributed by atoms with van der Waals surface area (Å²) >= 11 is 5.96. The van der Waals surface area contributed by atoms with Gasteiger partial charge in [-0.1, -0.05) is 54.1 Å². The molecule has 138 valence electrons. The molecule has 4 nitrogen and oxygen atoms in total. The van der Waals surface area contributed by atoms with Crippen LogP contribution in [-0.2, 0) is 13.5 Å². The van der Waals surface area contributed by atoms with Crippen molar-refractivity contribution in [3.63, 3.8) is 0 Å². The van der Waals surface area contributed by atoms with Gasteiger partial charge in [0.15, 0.2) is 0 Å². The summed E-state index contributed by atoms with van der Waals surface area (Å²) in [5.41, 5.74) is 2.92. The predicted molar refractivity (Wildman–Crippen MR) is 108 cm³/mol. The van der Waals surface area contributed by atoms with E-state index < -0.39 is 0 Å². The highest BCUT2D eigenvalue weighted by atomic mass is 35.5. The van der Waals surface area contributed by atoms with Gasteiger partial charge >= 0.3 is 0 Å². The first kappa shape index (κ1) is 17.8. The number of likely N-dealkylation sites (tertiary alicyclic amines) is 1. The molecule has 0 aliphatic carbocycles. The topological polar surface area (TPSA) is 38.1 Å². The van der Waals surface area contributed by atoms with Gasteiger partial charge in [0.25, 0.3) is 5.91 Å². The van der Waals surface area contributed by atoms with Gasteiger partial charge in [-0.3, -0.25) is 4.79 Å². The van der Waals surface area contributed by atoms with Crippen LogP contribution in [0.15, 0.2) is 60.8 Å². The Kier molecular flexibility index (Phi) is 4.99. The van der Waals surface area contributed by atoms with E-state index in [4.69, 9.17) is 11.6 Å². The number of amides is 1. The molecule has 1 amide bonds. The number of rotatable bonds is 4. The fourth-order valence-electron chi connectivity index (χ4n) is 3.76. The van der Waals surface area contributed by atoms with Crippen LogP contribution in [0.5, 0.6) is 0 Å². The number of benzene rings is 2. The molecule has 0 spiro atoms. The second-order valence-corrected chi connectivity index (χ2v) is 7.56. The Morgan fingerprint density at radius 1 is 1.15 bits per heavy atom. The average molecular weight is 380 g/mol. The molecule has 5 heteroatoms. The minimum atomic E-state index is 0.0609. The summed E-state index contributed by atoms with van der Waals surface area (Å²) in [6, 6.07) is 17.9. The zero-order valence-electron chi connectivity index (χ0n) is 15.3. The fraction of sp³-hybridized carbons (Fsp3) is 0.273. The molecule has 1 unspecified atom stereocenters. The van der Waals surface area contributed by atoms with Gasteiger partial charge in [0.2, 0.25) is 0 Å². The van der Waals surface area contributed by atoms with E-state index in [1.807, 2.05) is 59.0 Å². The van der Waals surface area contributed by atoms with Crippen molar-refractivity contribution in [3.05, 3.63) is 77.1 Å². The Morgan fingerprint density at radius 2 is 1.89 bits per heavy atom. The first-order chi connectivity index (χ1) is 13.1. The van der Waals surface area contributed by atoms with Gasteiger partial charge in [-0.15, -0.1) is 0 Å². The van der Waals surface area contributed by atoms with Crippen LogP contribution in [0, 0.1) is 5.92 Å². The minimum Gasteiger partial charge on any atom is -0.337 e. The fourth-order valence-corrected chi connectivity index (χ4v) is 3.89. The van der Waals surface area contributed by atoms with Crippen molar-refractivity contribution in [2.24, 2.45) is 13.0 Å². The third-order valence-electron chi connectivity index (χ3n) is 5.25. The lowest BCUT2D eigenvalue weighted by Gasteiger charge is -2.17. The third kappa shape index (κ3) is 3.76. The van der Waals surface area contributed by atoms with Crippen molar-refractivity contribution in [1.29, 1.82) is 0 Å². The van der Waals surface area contributed by atoms with Gasteiger partial charge in [0, 0.05) is 30.7 Å². The molecular weight excluding hydrogens is 358 g/mol. The van der Waals surface area contributed by atoms with Crippen molar-refractivity contribution in [2.75, 3.05) is 13.1 Å². The molecule has 1 aliphatic rings. The maximum atomic E-state index is 13.0. The normalized spacial score (nSPS) is 16.7. The first-order valence-corrected chi connectivity index (χ1v) is 9.60. The van der Waals surface area contributed by atoms with E-state index in [0.717, 1.165) is 42.3 Å². The molecule has 1 saturated heterocycles. The molecule has 0 saturated carbocycles. The largest absolute Gasteiger partial charge is 0.337 e. The quantitative estimate of drug-likeness (QED) is 0.671. The van der Waals surface area contributed by atoms with Gasteiger partial charge < -0.3 is 9.47 Å². The number of hydrogen-bond acceptors (Lipinski definition) is 2. The Hall–Kier alpha value is -2.59. The number of aromatic nitrogens is 2. The Labute approximate surface area is 164 Å². The van der Waals surface area contributed by atoms with E-state index in [9.17, 15) is 4.79 Å². The van der Waals surface area contributed by atoms with Crippen LogP contribution in [0.1, 0.15) is 22.5 Å². The molecule has 0 N–H and O–H groups in total. The van der Waals surface area contributed by atoms with Crippen molar-refractivity contribution in [3.8, 4) is 11.4 Å². The summed E-state index contributed by atoms with van der Waals surface area (Å²) in [4.78, 5) is 19.4.